The predicted octanol–water partition coefficient (Wildman–Crippen LogP) is 3.95. The van der Waals surface area contributed by atoms with Gasteiger partial charge in [0.05, 0.1) is 25.6 Å². The fourth-order valence-electron chi connectivity index (χ4n) is 3.58. The topological polar surface area (TPSA) is 50.1 Å². The maximum absolute atomic E-state index is 5.55. The molecular weight excluding hydrogens is 348 g/mol. The van der Waals surface area contributed by atoms with Gasteiger partial charge in [-0.3, -0.25) is 4.98 Å². The smallest absolute Gasteiger partial charge is 0.0642 e. The molecule has 4 rings (SSSR count). The number of pyridine rings is 1. The number of nitrogens with zero attached hydrogens (tertiary/aromatic N) is 4. The fourth-order valence-corrected chi connectivity index (χ4v) is 3.58. The van der Waals surface area contributed by atoms with Crippen molar-refractivity contribution < 1.29 is 4.74 Å². The van der Waals surface area contributed by atoms with Gasteiger partial charge in [0, 0.05) is 36.7 Å². The van der Waals surface area contributed by atoms with Crippen LogP contribution in [0.2, 0.25) is 0 Å². The van der Waals surface area contributed by atoms with Crippen LogP contribution in [0.4, 0.5) is 0 Å². The molecule has 0 atom stereocenters. The summed E-state index contributed by atoms with van der Waals surface area (Å²) in [7, 11) is 0. The van der Waals surface area contributed by atoms with Crippen LogP contribution in [0.15, 0.2) is 81.9 Å². The highest BCUT2D eigenvalue weighted by Gasteiger charge is 2.25. The second-order valence-corrected chi connectivity index (χ2v) is 6.83. The third-order valence-electron chi connectivity index (χ3n) is 4.91. The number of aromatic nitrogens is 1. The van der Waals surface area contributed by atoms with Crippen molar-refractivity contribution in [2.24, 2.45) is 10.2 Å². The Kier molecular flexibility index (Phi) is 6.05. The van der Waals surface area contributed by atoms with Crippen molar-refractivity contribution in [3.63, 3.8) is 0 Å². The van der Waals surface area contributed by atoms with Crippen molar-refractivity contribution >= 4 is 18.5 Å². The normalized spacial score (nSPS) is 19.4. The summed E-state index contributed by atoms with van der Waals surface area (Å²) in [5.41, 5.74) is 6.08. The van der Waals surface area contributed by atoms with Crippen molar-refractivity contribution in [3.05, 3.63) is 82.8 Å². The summed E-state index contributed by atoms with van der Waals surface area (Å²) in [5.74, 6) is 0. The van der Waals surface area contributed by atoms with Crippen LogP contribution in [0.3, 0.4) is 0 Å². The van der Waals surface area contributed by atoms with E-state index in [1.165, 1.54) is 22.4 Å². The van der Waals surface area contributed by atoms with Gasteiger partial charge in [0.1, 0.15) is 0 Å². The maximum Gasteiger partial charge on any atom is 0.0642 e. The molecule has 1 aliphatic heterocycles. The summed E-state index contributed by atoms with van der Waals surface area (Å²) >= 11 is 0. The molecule has 2 aliphatic rings. The molecule has 28 heavy (non-hydrogen) atoms. The highest BCUT2D eigenvalue weighted by Crippen LogP contribution is 2.35. The summed E-state index contributed by atoms with van der Waals surface area (Å²) in [4.78, 5) is 6.51. The fraction of sp³-hybridized carbons (Fsp3) is 0.261. The Labute approximate surface area is 165 Å². The van der Waals surface area contributed by atoms with Gasteiger partial charge in [-0.1, -0.05) is 36.4 Å². The first-order chi connectivity index (χ1) is 13.9. The first-order valence-electron chi connectivity index (χ1n) is 9.68. The first-order valence-corrected chi connectivity index (χ1v) is 9.68. The van der Waals surface area contributed by atoms with Crippen LogP contribution in [0.5, 0.6) is 0 Å². The van der Waals surface area contributed by atoms with Crippen LogP contribution in [-0.2, 0) is 4.74 Å². The Bertz CT molecular complexity index is 895. The lowest BCUT2D eigenvalue weighted by atomic mass is 10.1. The van der Waals surface area contributed by atoms with Crippen molar-refractivity contribution in [2.45, 2.75) is 12.8 Å². The van der Waals surface area contributed by atoms with Gasteiger partial charge in [-0.2, -0.15) is 10.2 Å². The van der Waals surface area contributed by atoms with Gasteiger partial charge >= 0.3 is 0 Å². The molecule has 142 valence electrons. The Balaban J connectivity index is 1.59. The second-order valence-electron chi connectivity index (χ2n) is 6.83. The average molecular weight is 372 g/mol. The van der Waals surface area contributed by atoms with Gasteiger partial charge in [-0.15, -0.1) is 0 Å². The molecule has 1 aliphatic carbocycles. The lowest BCUT2D eigenvalue weighted by Crippen LogP contribution is -2.36. The molecule has 0 bridgehead atoms. The third kappa shape index (κ3) is 4.61. The highest BCUT2D eigenvalue weighted by molar-refractivity contribution is 5.85. The Hall–Kier alpha value is -3.05. The summed E-state index contributed by atoms with van der Waals surface area (Å²) in [6.45, 7) is 3.37. The molecule has 1 saturated heterocycles. The number of hydrogen-bond donors (Lipinski definition) is 0. The van der Waals surface area contributed by atoms with E-state index >= 15 is 0 Å². The average Bonchev–Trinajstić information content (AvgIpc) is 3.15. The Morgan fingerprint density at radius 1 is 0.893 bits per heavy atom. The van der Waals surface area contributed by atoms with Crippen molar-refractivity contribution in [1.29, 1.82) is 0 Å². The standard InChI is InChI=1S/C23H24N4O/c1-2-5-19(6-3-1)15-21-8-9-22(23(21)27-11-13-28-14-12-27)18-26-25-17-20-7-4-10-24-16-20/h1-7,10,15-18H,8-9,11-14H2. The zero-order valence-corrected chi connectivity index (χ0v) is 15.9. The number of hydrogen-bond acceptors (Lipinski definition) is 5. The van der Waals surface area contributed by atoms with Crippen LogP contribution in [0.1, 0.15) is 24.0 Å². The largest absolute Gasteiger partial charge is 0.378 e. The lowest BCUT2D eigenvalue weighted by Gasteiger charge is -2.31. The van der Waals surface area contributed by atoms with E-state index in [-0.39, 0.29) is 0 Å². The summed E-state index contributed by atoms with van der Waals surface area (Å²) in [6, 6.07) is 14.3. The molecule has 5 nitrogen and oxygen atoms in total. The molecule has 2 aromatic rings. The maximum atomic E-state index is 5.55. The SMILES string of the molecule is C(=NN=Cc1cccnc1)C1=C(N2CCOCC2)C(=Cc2ccccc2)CC1. The van der Waals surface area contributed by atoms with Crippen molar-refractivity contribution in [3.8, 4) is 0 Å². The molecular formula is C23H24N4O. The highest BCUT2D eigenvalue weighted by atomic mass is 16.5. The van der Waals surface area contributed by atoms with E-state index in [1.54, 1.807) is 18.6 Å². The van der Waals surface area contributed by atoms with Gasteiger partial charge in [-0.05, 0) is 41.7 Å². The van der Waals surface area contributed by atoms with Crippen LogP contribution in [0.25, 0.3) is 6.08 Å². The Morgan fingerprint density at radius 2 is 1.68 bits per heavy atom. The zero-order chi connectivity index (χ0) is 19.0. The van der Waals surface area contributed by atoms with Gasteiger partial charge in [0.25, 0.3) is 0 Å². The quantitative estimate of drug-likeness (QED) is 0.590. The molecule has 0 saturated carbocycles. The monoisotopic (exact) mass is 372 g/mol. The summed E-state index contributed by atoms with van der Waals surface area (Å²) in [5, 5.41) is 8.51. The molecule has 0 N–H and O–H groups in total. The van der Waals surface area contributed by atoms with Crippen LogP contribution in [0, 0.1) is 0 Å². The molecule has 0 unspecified atom stereocenters. The number of allylic oxidation sites excluding steroid dienone is 2. The minimum atomic E-state index is 0.770. The van der Waals surface area contributed by atoms with Gasteiger partial charge < -0.3 is 9.64 Å². The molecule has 1 aromatic heterocycles. The predicted molar refractivity (Wildman–Crippen MR) is 113 cm³/mol. The van der Waals surface area contributed by atoms with E-state index in [1.807, 2.05) is 24.4 Å². The van der Waals surface area contributed by atoms with Gasteiger partial charge in [0.2, 0.25) is 0 Å². The third-order valence-corrected chi connectivity index (χ3v) is 4.91. The van der Waals surface area contributed by atoms with E-state index < -0.39 is 0 Å². The van der Waals surface area contributed by atoms with E-state index in [0.29, 0.717) is 0 Å². The number of morpholine rings is 1. The molecule has 0 amide bonds. The minimum Gasteiger partial charge on any atom is -0.378 e. The molecule has 0 radical (unpaired) electrons. The van der Waals surface area contributed by atoms with E-state index in [4.69, 9.17) is 4.74 Å². The zero-order valence-electron chi connectivity index (χ0n) is 15.9. The molecule has 5 heteroatoms. The van der Waals surface area contributed by atoms with Crippen LogP contribution >= 0.6 is 0 Å². The number of rotatable bonds is 5. The summed E-state index contributed by atoms with van der Waals surface area (Å²) in [6.07, 6.45) is 11.5. The van der Waals surface area contributed by atoms with Gasteiger partial charge in [0.15, 0.2) is 0 Å². The van der Waals surface area contributed by atoms with Gasteiger partial charge in [-0.25, -0.2) is 0 Å². The van der Waals surface area contributed by atoms with Crippen LogP contribution in [-0.4, -0.2) is 48.6 Å². The number of ether oxygens (including phenoxy) is 1. The van der Waals surface area contributed by atoms with E-state index in [0.717, 1.165) is 44.7 Å². The first kappa shape index (κ1) is 18.3. The molecule has 2 heterocycles. The van der Waals surface area contributed by atoms with Crippen molar-refractivity contribution in [2.75, 3.05) is 26.3 Å². The molecule has 1 fully saturated rings. The minimum absolute atomic E-state index is 0.770. The summed E-state index contributed by atoms with van der Waals surface area (Å²) < 4.78 is 5.55. The van der Waals surface area contributed by atoms with Crippen LogP contribution < -0.4 is 0 Å². The van der Waals surface area contributed by atoms with E-state index in [2.05, 4.69) is 50.4 Å². The number of benzene rings is 1. The van der Waals surface area contributed by atoms with Crippen molar-refractivity contribution in [1.82, 2.24) is 9.88 Å². The van der Waals surface area contributed by atoms with E-state index in [9.17, 15) is 0 Å². The lowest BCUT2D eigenvalue weighted by molar-refractivity contribution is 0.0548. The molecule has 1 aromatic carbocycles. The Morgan fingerprint density at radius 3 is 2.46 bits per heavy atom. The molecule has 0 spiro atoms. The second kappa shape index (κ2) is 9.24.